The van der Waals surface area contributed by atoms with Crippen molar-refractivity contribution in [3.63, 3.8) is 0 Å². The van der Waals surface area contributed by atoms with E-state index in [9.17, 15) is 0 Å². The largest absolute Gasteiger partial charge is 0.366 e. The van der Waals surface area contributed by atoms with Crippen molar-refractivity contribution >= 4 is 27.5 Å². The van der Waals surface area contributed by atoms with E-state index >= 15 is 0 Å². The quantitative estimate of drug-likeness (QED) is 0.462. The Hall–Kier alpha value is -2.09. The number of fused-ring (bicyclic) bond motifs is 2. The van der Waals surface area contributed by atoms with E-state index in [4.69, 9.17) is 4.98 Å². The van der Waals surface area contributed by atoms with Crippen molar-refractivity contribution in [2.24, 2.45) is 5.41 Å². The minimum Gasteiger partial charge on any atom is -0.366 e. The number of anilines is 1. The average molecular weight is 363 g/mol. The van der Waals surface area contributed by atoms with Crippen molar-refractivity contribution < 1.29 is 0 Å². The Labute approximate surface area is 164 Å². The molecule has 2 heteroatoms. The summed E-state index contributed by atoms with van der Waals surface area (Å²) in [6.07, 6.45) is 1.12. The van der Waals surface area contributed by atoms with Crippen molar-refractivity contribution in [1.82, 2.24) is 4.98 Å². The summed E-state index contributed by atoms with van der Waals surface area (Å²) in [7, 11) is 0. The van der Waals surface area contributed by atoms with Crippen molar-refractivity contribution in [2.45, 2.75) is 67.3 Å². The van der Waals surface area contributed by atoms with Gasteiger partial charge >= 0.3 is 0 Å². The zero-order valence-electron chi connectivity index (χ0n) is 18.3. The van der Waals surface area contributed by atoms with E-state index in [0.29, 0.717) is 0 Å². The van der Waals surface area contributed by atoms with Gasteiger partial charge in [0, 0.05) is 22.9 Å². The second-order valence-corrected chi connectivity index (χ2v) is 9.80. The normalized spacial score (nSPS) is 12.7. The molecule has 27 heavy (non-hydrogen) atoms. The molecule has 2 aromatic carbocycles. The maximum atomic E-state index is 4.97. The Bertz CT molecular complexity index is 917. The summed E-state index contributed by atoms with van der Waals surface area (Å²) in [6, 6.07) is 13.3. The number of hydrogen-bond donors (Lipinski definition) is 0. The van der Waals surface area contributed by atoms with Gasteiger partial charge in [-0.15, -0.1) is 0 Å². The summed E-state index contributed by atoms with van der Waals surface area (Å²) in [5.41, 5.74) is 6.36. The number of hydrogen-bond acceptors (Lipinski definition) is 2. The van der Waals surface area contributed by atoms with Crippen LogP contribution in [0.1, 0.15) is 59.1 Å². The van der Waals surface area contributed by atoms with Crippen LogP contribution in [0, 0.1) is 19.3 Å². The minimum atomic E-state index is 0.0434. The summed E-state index contributed by atoms with van der Waals surface area (Å²) in [6.45, 7) is 19.3. The maximum absolute atomic E-state index is 4.97. The van der Waals surface area contributed by atoms with Crippen molar-refractivity contribution in [2.75, 3.05) is 11.4 Å². The average Bonchev–Trinajstić information content (AvgIpc) is 2.53. The van der Waals surface area contributed by atoms with E-state index in [1.54, 1.807) is 0 Å². The molecular weight excluding hydrogens is 328 g/mol. The number of aromatic nitrogens is 1. The summed E-state index contributed by atoms with van der Waals surface area (Å²) in [4.78, 5) is 7.57. The Morgan fingerprint density at radius 2 is 1.30 bits per heavy atom. The van der Waals surface area contributed by atoms with Gasteiger partial charge in [-0.05, 0) is 70.7 Å². The van der Waals surface area contributed by atoms with Crippen molar-refractivity contribution in [1.29, 1.82) is 0 Å². The highest BCUT2D eigenvalue weighted by Crippen LogP contribution is 2.41. The summed E-state index contributed by atoms with van der Waals surface area (Å²) < 4.78 is 0. The molecule has 0 atom stereocenters. The van der Waals surface area contributed by atoms with Crippen LogP contribution in [-0.4, -0.2) is 17.1 Å². The SMILES string of the molecule is CCN(c1c2cc(C)ccc2nc2ccc(C)cc12)C(C)(C)CC(C)(C)C. The molecule has 3 aromatic rings. The van der Waals surface area contributed by atoms with Gasteiger partial charge in [-0.1, -0.05) is 44.0 Å². The van der Waals surface area contributed by atoms with Gasteiger partial charge in [0.05, 0.1) is 16.7 Å². The Kier molecular flexibility index (Phi) is 4.96. The highest BCUT2D eigenvalue weighted by atomic mass is 15.2. The number of nitrogens with zero attached hydrogens (tertiary/aromatic N) is 2. The molecule has 3 rings (SSSR count). The number of benzene rings is 2. The lowest BCUT2D eigenvalue weighted by atomic mass is 9.80. The standard InChI is InChI=1S/C25H34N2/c1-9-27(25(7,8)16-24(4,5)6)23-19-14-17(2)10-12-21(19)26-22-13-11-18(3)15-20(22)23/h10-15H,9,16H2,1-8H3. The van der Waals surface area contributed by atoms with Gasteiger partial charge in [0.2, 0.25) is 0 Å². The highest BCUT2D eigenvalue weighted by Gasteiger charge is 2.32. The van der Waals surface area contributed by atoms with E-state index in [1.165, 1.54) is 27.6 Å². The van der Waals surface area contributed by atoms with Crippen molar-refractivity contribution in [3.05, 3.63) is 47.5 Å². The van der Waals surface area contributed by atoms with Crippen LogP contribution < -0.4 is 4.90 Å². The van der Waals surface area contributed by atoms with Crippen LogP contribution in [0.25, 0.3) is 21.8 Å². The Morgan fingerprint density at radius 3 is 1.70 bits per heavy atom. The number of aryl methyl sites for hydroxylation is 2. The van der Waals surface area contributed by atoms with Gasteiger partial charge in [-0.25, -0.2) is 4.98 Å². The molecule has 0 saturated carbocycles. The molecule has 0 spiro atoms. The molecule has 144 valence electrons. The molecule has 1 aromatic heterocycles. The van der Waals surface area contributed by atoms with Crippen LogP contribution in [0.5, 0.6) is 0 Å². The first kappa shape index (κ1) is 19.7. The van der Waals surface area contributed by atoms with E-state index in [-0.39, 0.29) is 11.0 Å². The smallest absolute Gasteiger partial charge is 0.0730 e. The molecule has 0 N–H and O–H groups in total. The first-order valence-electron chi connectivity index (χ1n) is 10.1. The van der Waals surface area contributed by atoms with Crippen molar-refractivity contribution in [3.8, 4) is 0 Å². The van der Waals surface area contributed by atoms with E-state index < -0.39 is 0 Å². The van der Waals surface area contributed by atoms with Crippen LogP contribution in [0.15, 0.2) is 36.4 Å². The lowest BCUT2D eigenvalue weighted by Crippen LogP contribution is -2.46. The van der Waals surface area contributed by atoms with Crippen LogP contribution in [0.3, 0.4) is 0 Å². The topological polar surface area (TPSA) is 16.1 Å². The molecule has 2 nitrogen and oxygen atoms in total. The Morgan fingerprint density at radius 1 is 0.815 bits per heavy atom. The predicted octanol–water partition coefficient (Wildman–Crippen LogP) is 7.05. The predicted molar refractivity (Wildman–Crippen MR) is 120 cm³/mol. The molecule has 0 fully saturated rings. The number of pyridine rings is 1. The van der Waals surface area contributed by atoms with E-state index in [1.807, 2.05) is 0 Å². The van der Waals surface area contributed by atoms with E-state index in [2.05, 4.69) is 96.7 Å². The molecule has 0 aliphatic rings. The number of rotatable bonds is 4. The second kappa shape index (κ2) is 6.82. The third-order valence-corrected chi connectivity index (χ3v) is 5.34. The lowest BCUT2D eigenvalue weighted by Gasteiger charge is -2.44. The molecular formula is C25H34N2. The summed E-state index contributed by atoms with van der Waals surface area (Å²) in [5.74, 6) is 0. The zero-order chi connectivity index (χ0) is 20.0. The summed E-state index contributed by atoms with van der Waals surface area (Å²) >= 11 is 0. The fraction of sp³-hybridized carbons (Fsp3) is 0.480. The zero-order valence-corrected chi connectivity index (χ0v) is 18.3. The van der Waals surface area contributed by atoms with E-state index in [0.717, 1.165) is 24.0 Å². The monoisotopic (exact) mass is 362 g/mol. The first-order valence-corrected chi connectivity index (χ1v) is 10.1. The van der Waals surface area contributed by atoms with Gasteiger partial charge in [0.15, 0.2) is 0 Å². The summed E-state index contributed by atoms with van der Waals surface area (Å²) in [5, 5.41) is 2.52. The minimum absolute atomic E-state index is 0.0434. The molecule has 0 bridgehead atoms. The van der Waals surface area contributed by atoms with Gasteiger partial charge in [-0.2, -0.15) is 0 Å². The fourth-order valence-corrected chi connectivity index (χ4v) is 4.72. The molecule has 0 aliphatic carbocycles. The lowest BCUT2D eigenvalue weighted by molar-refractivity contribution is 0.274. The Balaban J connectivity index is 2.37. The van der Waals surface area contributed by atoms with Gasteiger partial charge < -0.3 is 4.90 Å². The fourth-order valence-electron chi connectivity index (χ4n) is 4.72. The second-order valence-electron chi connectivity index (χ2n) is 9.80. The van der Waals surface area contributed by atoms with Gasteiger partial charge in [0.1, 0.15) is 0 Å². The first-order chi connectivity index (χ1) is 12.5. The molecule has 1 heterocycles. The van der Waals surface area contributed by atoms with Crippen LogP contribution >= 0.6 is 0 Å². The van der Waals surface area contributed by atoms with Crippen LogP contribution in [-0.2, 0) is 0 Å². The molecule has 0 radical (unpaired) electrons. The van der Waals surface area contributed by atoms with Gasteiger partial charge in [0.25, 0.3) is 0 Å². The molecule has 0 aliphatic heterocycles. The molecule has 0 saturated heterocycles. The third-order valence-electron chi connectivity index (χ3n) is 5.34. The molecule has 0 amide bonds. The molecule has 0 unspecified atom stereocenters. The third kappa shape index (κ3) is 3.95. The maximum Gasteiger partial charge on any atom is 0.0730 e. The highest BCUT2D eigenvalue weighted by molar-refractivity contribution is 6.08. The van der Waals surface area contributed by atoms with Crippen LogP contribution in [0.4, 0.5) is 5.69 Å². The van der Waals surface area contributed by atoms with Crippen LogP contribution in [0.2, 0.25) is 0 Å². The van der Waals surface area contributed by atoms with Gasteiger partial charge in [-0.3, -0.25) is 0 Å².